The van der Waals surface area contributed by atoms with Gasteiger partial charge in [-0.2, -0.15) is 0 Å². The number of benzene rings is 2. The maximum absolute atomic E-state index is 13.2. The number of piperazine rings is 1. The second-order valence-corrected chi connectivity index (χ2v) is 8.59. The van der Waals surface area contributed by atoms with E-state index in [-0.39, 0.29) is 24.5 Å². The highest BCUT2D eigenvalue weighted by atomic mass is 16.5. The molecule has 176 valence electrons. The van der Waals surface area contributed by atoms with Crippen LogP contribution in [0.5, 0.6) is 5.75 Å². The lowest BCUT2D eigenvalue weighted by Gasteiger charge is -2.34. The minimum atomic E-state index is -0.171. The van der Waals surface area contributed by atoms with E-state index >= 15 is 0 Å². The normalized spacial score (nSPS) is 17.9. The van der Waals surface area contributed by atoms with Gasteiger partial charge in [-0.05, 0) is 36.8 Å². The maximum atomic E-state index is 13.2. The van der Waals surface area contributed by atoms with Crippen LogP contribution in [0.2, 0.25) is 0 Å². The number of hydrogen-bond donors (Lipinski definition) is 0. The molecule has 0 unspecified atom stereocenters. The van der Waals surface area contributed by atoms with Crippen molar-refractivity contribution >= 4 is 11.8 Å². The molecule has 2 amide bonds. The van der Waals surface area contributed by atoms with Gasteiger partial charge in [0, 0.05) is 31.7 Å². The molecule has 1 atom stereocenters. The summed E-state index contributed by atoms with van der Waals surface area (Å²) in [6.07, 6.45) is -0.167. The SMILES string of the molecule is COc1ccc([C@@H]2Cn3nnc(C(=O)N4CCN(C(=O)c5ccc(C)cc5)CC4)c3CO2)cc1. The first-order valence-corrected chi connectivity index (χ1v) is 11.4. The lowest BCUT2D eigenvalue weighted by atomic mass is 10.1. The van der Waals surface area contributed by atoms with Crippen LogP contribution < -0.4 is 4.74 Å². The molecule has 2 aromatic carbocycles. The number of nitrogens with zero attached hydrogens (tertiary/aromatic N) is 5. The largest absolute Gasteiger partial charge is 0.497 e. The molecule has 0 bridgehead atoms. The zero-order valence-electron chi connectivity index (χ0n) is 19.3. The van der Waals surface area contributed by atoms with Crippen molar-refractivity contribution in [2.24, 2.45) is 0 Å². The van der Waals surface area contributed by atoms with Crippen LogP contribution >= 0.6 is 0 Å². The zero-order chi connectivity index (χ0) is 23.7. The second kappa shape index (κ2) is 9.26. The molecule has 3 heterocycles. The fourth-order valence-electron chi connectivity index (χ4n) is 4.34. The standard InChI is InChI=1S/C25H27N5O4/c1-17-3-5-19(6-4-17)24(31)28-11-13-29(14-12-28)25(32)23-21-16-34-22(15-30(21)27-26-23)18-7-9-20(33-2)10-8-18/h3-10,22H,11-16H2,1-2H3/t22-/m0/s1. The van der Waals surface area contributed by atoms with E-state index in [1.807, 2.05) is 55.5 Å². The molecule has 2 aliphatic rings. The third-order valence-electron chi connectivity index (χ3n) is 6.44. The molecule has 9 heteroatoms. The van der Waals surface area contributed by atoms with Crippen molar-refractivity contribution in [2.75, 3.05) is 33.3 Å². The van der Waals surface area contributed by atoms with Gasteiger partial charge < -0.3 is 19.3 Å². The number of carbonyl (C=O) groups is 2. The summed E-state index contributed by atoms with van der Waals surface area (Å²) in [7, 11) is 1.63. The molecule has 0 saturated carbocycles. The Bertz CT molecular complexity index is 1180. The molecule has 1 aromatic heterocycles. The topological polar surface area (TPSA) is 89.8 Å². The summed E-state index contributed by atoms with van der Waals surface area (Å²) in [6.45, 7) is 4.62. The minimum absolute atomic E-state index is 0.00823. The van der Waals surface area contributed by atoms with Crippen molar-refractivity contribution in [1.29, 1.82) is 0 Å². The van der Waals surface area contributed by atoms with Gasteiger partial charge in [0.2, 0.25) is 0 Å². The Morgan fingerprint density at radius 3 is 2.24 bits per heavy atom. The van der Waals surface area contributed by atoms with Crippen molar-refractivity contribution < 1.29 is 19.1 Å². The number of fused-ring (bicyclic) bond motifs is 1. The Labute approximate surface area is 197 Å². The van der Waals surface area contributed by atoms with Crippen molar-refractivity contribution in [1.82, 2.24) is 24.8 Å². The molecule has 5 rings (SSSR count). The van der Waals surface area contributed by atoms with Gasteiger partial charge in [0.05, 0.1) is 26.0 Å². The quantitative estimate of drug-likeness (QED) is 0.593. The van der Waals surface area contributed by atoms with Crippen LogP contribution in [0.1, 0.15) is 43.8 Å². The van der Waals surface area contributed by atoms with Gasteiger partial charge in [0.15, 0.2) is 5.69 Å². The van der Waals surface area contributed by atoms with E-state index in [0.717, 1.165) is 16.9 Å². The maximum Gasteiger partial charge on any atom is 0.276 e. The van der Waals surface area contributed by atoms with E-state index in [1.165, 1.54) is 0 Å². The molecule has 0 spiro atoms. The van der Waals surface area contributed by atoms with Crippen LogP contribution in [0.3, 0.4) is 0 Å². The van der Waals surface area contributed by atoms with Crippen molar-refractivity contribution in [2.45, 2.75) is 26.2 Å². The molecule has 3 aromatic rings. The lowest BCUT2D eigenvalue weighted by Crippen LogP contribution is -2.50. The number of rotatable bonds is 4. The number of aryl methyl sites for hydroxylation is 1. The Morgan fingerprint density at radius 1 is 0.941 bits per heavy atom. The van der Waals surface area contributed by atoms with Crippen LogP contribution in [-0.2, 0) is 17.9 Å². The Kier molecular flexibility index (Phi) is 6.02. The molecule has 1 fully saturated rings. The molecular weight excluding hydrogens is 434 g/mol. The highest BCUT2D eigenvalue weighted by molar-refractivity contribution is 5.95. The molecule has 0 N–H and O–H groups in total. The van der Waals surface area contributed by atoms with E-state index in [1.54, 1.807) is 21.6 Å². The van der Waals surface area contributed by atoms with Gasteiger partial charge >= 0.3 is 0 Å². The monoisotopic (exact) mass is 461 g/mol. The fraction of sp³-hybridized carbons (Fsp3) is 0.360. The number of methoxy groups -OCH3 is 1. The van der Waals surface area contributed by atoms with Crippen LogP contribution in [0.15, 0.2) is 48.5 Å². The molecule has 9 nitrogen and oxygen atoms in total. The zero-order valence-corrected chi connectivity index (χ0v) is 19.3. The Balaban J connectivity index is 1.21. The molecule has 34 heavy (non-hydrogen) atoms. The third-order valence-corrected chi connectivity index (χ3v) is 6.44. The number of carbonyl (C=O) groups excluding carboxylic acids is 2. The van der Waals surface area contributed by atoms with E-state index in [9.17, 15) is 9.59 Å². The van der Waals surface area contributed by atoms with Gasteiger partial charge in [0.25, 0.3) is 11.8 Å². The van der Waals surface area contributed by atoms with Crippen molar-refractivity contribution in [3.8, 4) is 5.75 Å². The molecule has 0 radical (unpaired) electrons. The van der Waals surface area contributed by atoms with Crippen LogP contribution in [-0.4, -0.2) is 69.9 Å². The summed E-state index contributed by atoms with van der Waals surface area (Å²) < 4.78 is 13.0. The van der Waals surface area contributed by atoms with E-state index in [0.29, 0.717) is 49.7 Å². The Hall–Kier alpha value is -3.72. The molecule has 1 saturated heterocycles. The summed E-state index contributed by atoms with van der Waals surface area (Å²) in [5, 5.41) is 8.40. The number of aromatic nitrogens is 3. The van der Waals surface area contributed by atoms with Crippen LogP contribution in [0.4, 0.5) is 0 Å². The van der Waals surface area contributed by atoms with Gasteiger partial charge in [-0.1, -0.05) is 35.0 Å². The van der Waals surface area contributed by atoms with Crippen LogP contribution in [0.25, 0.3) is 0 Å². The predicted octanol–water partition coefficient (Wildman–Crippen LogP) is 2.46. The summed E-state index contributed by atoms with van der Waals surface area (Å²) in [5.41, 5.74) is 3.81. The number of hydrogen-bond acceptors (Lipinski definition) is 6. The van der Waals surface area contributed by atoms with Gasteiger partial charge in [-0.25, -0.2) is 4.68 Å². The van der Waals surface area contributed by atoms with Crippen molar-refractivity contribution in [3.63, 3.8) is 0 Å². The first-order valence-electron chi connectivity index (χ1n) is 11.4. The van der Waals surface area contributed by atoms with E-state index in [2.05, 4.69) is 10.3 Å². The first-order chi connectivity index (χ1) is 16.5. The smallest absolute Gasteiger partial charge is 0.276 e. The summed E-state index contributed by atoms with van der Waals surface area (Å²) in [6, 6.07) is 15.3. The highest BCUT2D eigenvalue weighted by Crippen LogP contribution is 2.28. The first kappa shape index (κ1) is 22.1. The highest BCUT2D eigenvalue weighted by Gasteiger charge is 2.32. The molecular formula is C25H27N5O4. The summed E-state index contributed by atoms with van der Waals surface area (Å²) >= 11 is 0. The average molecular weight is 462 g/mol. The number of amides is 2. The number of ether oxygens (including phenoxy) is 2. The predicted molar refractivity (Wildman–Crippen MR) is 124 cm³/mol. The Morgan fingerprint density at radius 2 is 1.59 bits per heavy atom. The average Bonchev–Trinajstić information content (AvgIpc) is 3.32. The molecule has 2 aliphatic heterocycles. The van der Waals surface area contributed by atoms with Gasteiger partial charge in [-0.15, -0.1) is 5.10 Å². The van der Waals surface area contributed by atoms with E-state index in [4.69, 9.17) is 9.47 Å². The lowest BCUT2D eigenvalue weighted by molar-refractivity contribution is -0.00204. The fourth-order valence-corrected chi connectivity index (χ4v) is 4.34. The summed E-state index contributed by atoms with van der Waals surface area (Å²) in [5.74, 6) is 0.607. The van der Waals surface area contributed by atoms with Crippen molar-refractivity contribution in [3.05, 3.63) is 76.6 Å². The minimum Gasteiger partial charge on any atom is -0.497 e. The van der Waals surface area contributed by atoms with Gasteiger partial charge in [-0.3, -0.25) is 9.59 Å². The third kappa shape index (κ3) is 4.26. The second-order valence-electron chi connectivity index (χ2n) is 8.59. The van der Waals surface area contributed by atoms with Gasteiger partial charge in [0.1, 0.15) is 11.9 Å². The van der Waals surface area contributed by atoms with E-state index < -0.39 is 0 Å². The van der Waals surface area contributed by atoms with Crippen LogP contribution in [0, 0.1) is 6.92 Å². The molecule has 0 aliphatic carbocycles. The summed E-state index contributed by atoms with van der Waals surface area (Å²) in [4.78, 5) is 29.5.